The Kier molecular flexibility index (Phi) is 3.95. The number of pyridine rings is 1. The van der Waals surface area contributed by atoms with Gasteiger partial charge in [-0.25, -0.2) is 4.98 Å². The van der Waals surface area contributed by atoms with Crippen molar-refractivity contribution in [1.82, 2.24) is 24.7 Å². The number of ether oxygens (including phenoxy) is 1. The third kappa shape index (κ3) is 2.90. The average molecular weight is 380 g/mol. The zero-order valence-electron chi connectivity index (χ0n) is 14.1. The third-order valence-corrected chi connectivity index (χ3v) is 4.89. The van der Waals surface area contributed by atoms with Gasteiger partial charge in [0.2, 0.25) is 5.82 Å². The van der Waals surface area contributed by atoms with Crippen LogP contribution in [0.2, 0.25) is 5.02 Å². The summed E-state index contributed by atoms with van der Waals surface area (Å²) in [5, 5.41) is 4.74. The fourth-order valence-electron chi connectivity index (χ4n) is 3.17. The first-order valence-corrected chi connectivity index (χ1v) is 8.82. The van der Waals surface area contributed by atoms with Crippen molar-refractivity contribution in [3.8, 4) is 23.0 Å². The maximum atomic E-state index is 6.30. The van der Waals surface area contributed by atoms with Crippen LogP contribution in [0.25, 0.3) is 23.0 Å². The predicted octanol–water partition coefficient (Wildman–Crippen LogP) is 3.92. The topological polar surface area (TPSA) is 78.9 Å². The van der Waals surface area contributed by atoms with Crippen LogP contribution in [0, 0.1) is 0 Å². The van der Waals surface area contributed by atoms with Crippen molar-refractivity contribution in [1.29, 1.82) is 0 Å². The second-order valence-electron chi connectivity index (χ2n) is 6.17. The molecule has 0 fully saturated rings. The minimum atomic E-state index is -0.122. The molecule has 0 unspecified atom stereocenters. The van der Waals surface area contributed by atoms with E-state index in [1.807, 2.05) is 41.0 Å². The van der Waals surface area contributed by atoms with Gasteiger partial charge in [-0.2, -0.15) is 4.98 Å². The quantitative estimate of drug-likeness (QED) is 0.536. The van der Waals surface area contributed by atoms with Gasteiger partial charge in [0.15, 0.2) is 5.69 Å². The van der Waals surface area contributed by atoms with E-state index < -0.39 is 0 Å². The van der Waals surface area contributed by atoms with Gasteiger partial charge in [-0.3, -0.25) is 4.98 Å². The van der Waals surface area contributed by atoms with Gasteiger partial charge in [0, 0.05) is 28.5 Å². The Hall–Kier alpha value is -3.03. The maximum absolute atomic E-state index is 6.30. The summed E-state index contributed by atoms with van der Waals surface area (Å²) in [6, 6.07) is 11.4. The van der Waals surface area contributed by atoms with Gasteiger partial charge in [0.05, 0.1) is 25.2 Å². The summed E-state index contributed by atoms with van der Waals surface area (Å²) in [6.07, 6.45) is 5.02. The van der Waals surface area contributed by atoms with Crippen molar-refractivity contribution >= 4 is 11.6 Å². The molecule has 3 aromatic heterocycles. The SMILES string of the molecule is Clc1ccccc1[C@@H]1Cn2cnc(-c3nc(-c4ccncc4)no3)c2CO1. The summed E-state index contributed by atoms with van der Waals surface area (Å²) in [6.45, 7) is 1.01. The molecule has 4 heterocycles. The highest BCUT2D eigenvalue weighted by molar-refractivity contribution is 6.31. The van der Waals surface area contributed by atoms with Crippen LogP contribution in [-0.4, -0.2) is 24.7 Å². The second kappa shape index (κ2) is 6.61. The first kappa shape index (κ1) is 16.2. The summed E-state index contributed by atoms with van der Waals surface area (Å²) >= 11 is 6.30. The summed E-state index contributed by atoms with van der Waals surface area (Å²) < 4.78 is 13.5. The Balaban J connectivity index is 1.44. The van der Waals surface area contributed by atoms with Crippen LogP contribution in [0.1, 0.15) is 17.4 Å². The predicted molar refractivity (Wildman–Crippen MR) is 97.7 cm³/mol. The van der Waals surface area contributed by atoms with Gasteiger partial charge in [-0.05, 0) is 18.2 Å². The number of aromatic nitrogens is 5. The summed E-state index contributed by atoms with van der Waals surface area (Å²) in [7, 11) is 0. The smallest absolute Gasteiger partial charge is 0.278 e. The molecule has 1 aliphatic rings. The van der Waals surface area contributed by atoms with Crippen LogP contribution < -0.4 is 0 Å². The van der Waals surface area contributed by atoms with Gasteiger partial charge in [-0.15, -0.1) is 0 Å². The van der Waals surface area contributed by atoms with Crippen LogP contribution in [0.15, 0.2) is 59.6 Å². The number of nitrogens with zero attached hydrogens (tertiary/aromatic N) is 5. The third-order valence-electron chi connectivity index (χ3n) is 4.55. The zero-order chi connectivity index (χ0) is 18.2. The molecule has 5 rings (SSSR count). The summed E-state index contributed by atoms with van der Waals surface area (Å²) in [5.41, 5.74) is 3.35. The van der Waals surface area contributed by atoms with Crippen molar-refractivity contribution < 1.29 is 9.26 Å². The maximum Gasteiger partial charge on any atom is 0.278 e. The van der Waals surface area contributed by atoms with Gasteiger partial charge >= 0.3 is 0 Å². The number of hydrogen-bond acceptors (Lipinski definition) is 6. The van der Waals surface area contributed by atoms with Crippen molar-refractivity contribution in [2.45, 2.75) is 19.3 Å². The van der Waals surface area contributed by atoms with Crippen molar-refractivity contribution in [2.75, 3.05) is 0 Å². The lowest BCUT2D eigenvalue weighted by atomic mass is 10.1. The first-order valence-electron chi connectivity index (χ1n) is 8.44. The highest BCUT2D eigenvalue weighted by atomic mass is 35.5. The van der Waals surface area contributed by atoms with Crippen LogP contribution in [0.5, 0.6) is 0 Å². The molecule has 134 valence electrons. The lowest BCUT2D eigenvalue weighted by Crippen LogP contribution is -2.20. The van der Waals surface area contributed by atoms with E-state index in [0.717, 1.165) is 16.8 Å². The minimum absolute atomic E-state index is 0.122. The molecule has 1 aliphatic heterocycles. The van der Waals surface area contributed by atoms with E-state index in [9.17, 15) is 0 Å². The summed E-state index contributed by atoms with van der Waals surface area (Å²) in [4.78, 5) is 12.9. The highest BCUT2D eigenvalue weighted by Crippen LogP contribution is 2.34. The fourth-order valence-corrected chi connectivity index (χ4v) is 3.43. The molecular formula is C19H14ClN5O2. The van der Waals surface area contributed by atoms with Crippen LogP contribution >= 0.6 is 11.6 Å². The Morgan fingerprint density at radius 3 is 2.81 bits per heavy atom. The molecule has 0 bridgehead atoms. The molecule has 0 saturated carbocycles. The Morgan fingerprint density at radius 1 is 1.11 bits per heavy atom. The van der Waals surface area contributed by atoms with Crippen molar-refractivity contribution in [2.24, 2.45) is 0 Å². The van der Waals surface area contributed by atoms with E-state index in [1.54, 1.807) is 18.7 Å². The number of fused-ring (bicyclic) bond motifs is 1. The zero-order valence-corrected chi connectivity index (χ0v) is 14.9. The standard InChI is InChI=1S/C19H14ClN5O2/c20-14-4-2-1-3-13(14)16-9-25-11-22-17(15(25)10-26-16)19-23-18(24-27-19)12-5-7-21-8-6-12/h1-8,11,16H,9-10H2/t16-/m0/s1. The molecule has 0 aliphatic carbocycles. The number of benzene rings is 1. The molecule has 27 heavy (non-hydrogen) atoms. The number of rotatable bonds is 3. The van der Waals surface area contributed by atoms with E-state index in [1.165, 1.54) is 0 Å². The molecule has 4 aromatic rings. The number of hydrogen-bond donors (Lipinski definition) is 0. The van der Waals surface area contributed by atoms with E-state index in [4.69, 9.17) is 20.9 Å². The van der Waals surface area contributed by atoms with Crippen molar-refractivity contribution in [3.63, 3.8) is 0 Å². The van der Waals surface area contributed by atoms with Gasteiger partial charge in [0.1, 0.15) is 6.10 Å². The molecule has 7 nitrogen and oxygen atoms in total. The molecule has 0 N–H and O–H groups in total. The highest BCUT2D eigenvalue weighted by Gasteiger charge is 2.27. The van der Waals surface area contributed by atoms with E-state index in [2.05, 4.69) is 20.1 Å². The number of halogens is 1. The second-order valence-corrected chi connectivity index (χ2v) is 6.58. The minimum Gasteiger partial charge on any atom is -0.365 e. The normalized spacial score (nSPS) is 16.3. The molecule has 0 saturated heterocycles. The lowest BCUT2D eigenvalue weighted by molar-refractivity contribution is 0.00336. The molecule has 0 amide bonds. The van der Waals surface area contributed by atoms with Gasteiger partial charge in [0.25, 0.3) is 5.89 Å². The molecule has 1 atom stereocenters. The first-order chi connectivity index (χ1) is 13.3. The van der Waals surface area contributed by atoms with Crippen LogP contribution in [-0.2, 0) is 17.9 Å². The van der Waals surface area contributed by atoms with Crippen LogP contribution in [0.4, 0.5) is 0 Å². The van der Waals surface area contributed by atoms with Crippen molar-refractivity contribution in [3.05, 3.63) is 71.4 Å². The number of imidazole rings is 1. The van der Waals surface area contributed by atoms with E-state index >= 15 is 0 Å². The summed E-state index contributed by atoms with van der Waals surface area (Å²) in [5.74, 6) is 0.871. The largest absolute Gasteiger partial charge is 0.365 e. The van der Waals surface area contributed by atoms with E-state index in [0.29, 0.717) is 35.6 Å². The molecule has 1 aromatic carbocycles. The van der Waals surface area contributed by atoms with Gasteiger partial charge in [-0.1, -0.05) is 35.0 Å². The Labute approximate surface area is 159 Å². The lowest BCUT2D eigenvalue weighted by Gasteiger charge is -2.26. The molecule has 0 radical (unpaired) electrons. The monoisotopic (exact) mass is 379 g/mol. The molecule has 8 heteroatoms. The Bertz CT molecular complexity index is 1090. The fraction of sp³-hybridized carbons (Fsp3) is 0.158. The molecule has 0 spiro atoms. The average Bonchev–Trinajstić information content (AvgIpc) is 3.35. The molecular weight excluding hydrogens is 366 g/mol. The van der Waals surface area contributed by atoms with E-state index in [-0.39, 0.29) is 6.10 Å². The Morgan fingerprint density at radius 2 is 1.96 bits per heavy atom. The van der Waals surface area contributed by atoms with Gasteiger partial charge < -0.3 is 13.8 Å². The van der Waals surface area contributed by atoms with Crippen LogP contribution in [0.3, 0.4) is 0 Å².